The van der Waals surface area contributed by atoms with E-state index < -0.39 is 5.97 Å². The molecular formula is C10H17NO2. The van der Waals surface area contributed by atoms with Gasteiger partial charge >= 0.3 is 5.97 Å². The lowest BCUT2D eigenvalue weighted by Crippen LogP contribution is -2.50. The van der Waals surface area contributed by atoms with Crippen LogP contribution in [-0.4, -0.2) is 35.1 Å². The number of aliphatic carboxylic acids is 1. The fraction of sp³-hybridized carbons (Fsp3) is 0.900. The van der Waals surface area contributed by atoms with E-state index in [1.807, 2.05) is 0 Å². The number of carboxylic acids is 1. The van der Waals surface area contributed by atoms with Crippen LogP contribution < -0.4 is 0 Å². The van der Waals surface area contributed by atoms with Crippen molar-refractivity contribution < 1.29 is 9.90 Å². The second kappa shape index (κ2) is 3.66. The maximum Gasteiger partial charge on any atom is 0.308 e. The van der Waals surface area contributed by atoms with E-state index in [0.717, 1.165) is 32.4 Å². The zero-order valence-corrected chi connectivity index (χ0v) is 7.91. The van der Waals surface area contributed by atoms with E-state index in [1.54, 1.807) is 0 Å². The number of fused-ring (bicyclic) bond motifs is 1. The monoisotopic (exact) mass is 183 g/mol. The molecule has 2 aliphatic rings. The van der Waals surface area contributed by atoms with E-state index in [4.69, 9.17) is 5.11 Å². The molecule has 2 atom stereocenters. The van der Waals surface area contributed by atoms with Crippen LogP contribution >= 0.6 is 0 Å². The van der Waals surface area contributed by atoms with Crippen molar-refractivity contribution in [3.8, 4) is 0 Å². The fourth-order valence-corrected chi connectivity index (χ4v) is 2.74. The van der Waals surface area contributed by atoms with Gasteiger partial charge in [-0.15, -0.1) is 0 Å². The highest BCUT2D eigenvalue weighted by molar-refractivity contribution is 5.71. The van der Waals surface area contributed by atoms with Crippen LogP contribution in [0, 0.1) is 5.92 Å². The Morgan fingerprint density at radius 1 is 1.15 bits per heavy atom. The highest BCUT2D eigenvalue weighted by Crippen LogP contribution is 2.30. The van der Waals surface area contributed by atoms with Gasteiger partial charge in [-0.2, -0.15) is 0 Å². The summed E-state index contributed by atoms with van der Waals surface area (Å²) in [5.74, 6) is -0.675. The van der Waals surface area contributed by atoms with Gasteiger partial charge in [-0.3, -0.25) is 9.69 Å². The lowest BCUT2D eigenvalue weighted by atomic mass is 9.84. The van der Waals surface area contributed by atoms with Crippen molar-refractivity contribution in [2.75, 3.05) is 13.1 Å². The van der Waals surface area contributed by atoms with Crippen LogP contribution in [0.2, 0.25) is 0 Å². The Bertz CT molecular complexity index is 203. The summed E-state index contributed by atoms with van der Waals surface area (Å²) in [7, 11) is 0. The number of piperidine rings is 2. The third-order valence-electron chi connectivity index (χ3n) is 3.41. The molecule has 1 unspecified atom stereocenters. The Balaban J connectivity index is 2.06. The minimum Gasteiger partial charge on any atom is -0.481 e. The van der Waals surface area contributed by atoms with E-state index in [1.165, 1.54) is 12.8 Å². The molecule has 13 heavy (non-hydrogen) atoms. The van der Waals surface area contributed by atoms with Gasteiger partial charge < -0.3 is 5.11 Å². The SMILES string of the molecule is O=C(O)[C@@H]1CCCN2CCCCC12. The van der Waals surface area contributed by atoms with Gasteiger partial charge in [-0.1, -0.05) is 6.42 Å². The summed E-state index contributed by atoms with van der Waals surface area (Å²) in [4.78, 5) is 13.4. The smallest absolute Gasteiger partial charge is 0.308 e. The van der Waals surface area contributed by atoms with E-state index >= 15 is 0 Å². The van der Waals surface area contributed by atoms with Crippen molar-refractivity contribution in [3.63, 3.8) is 0 Å². The average Bonchev–Trinajstić information content (AvgIpc) is 2.17. The van der Waals surface area contributed by atoms with Crippen molar-refractivity contribution in [1.29, 1.82) is 0 Å². The third-order valence-corrected chi connectivity index (χ3v) is 3.41. The standard InChI is InChI=1S/C10H17NO2/c12-10(13)8-4-3-7-11-6-2-1-5-9(8)11/h8-9H,1-7H2,(H,12,13)/t8-,9?/m1/s1. The van der Waals surface area contributed by atoms with Gasteiger partial charge in [-0.25, -0.2) is 0 Å². The van der Waals surface area contributed by atoms with E-state index in [-0.39, 0.29) is 5.92 Å². The number of carbonyl (C=O) groups is 1. The van der Waals surface area contributed by atoms with E-state index in [0.29, 0.717) is 6.04 Å². The van der Waals surface area contributed by atoms with Crippen molar-refractivity contribution >= 4 is 5.97 Å². The Kier molecular flexibility index (Phi) is 2.54. The molecule has 2 fully saturated rings. The van der Waals surface area contributed by atoms with Crippen LogP contribution in [0.4, 0.5) is 0 Å². The number of hydrogen-bond donors (Lipinski definition) is 1. The van der Waals surface area contributed by atoms with Gasteiger partial charge in [-0.05, 0) is 38.8 Å². The normalized spacial score (nSPS) is 35.4. The molecule has 2 rings (SSSR count). The van der Waals surface area contributed by atoms with Crippen LogP contribution in [0.3, 0.4) is 0 Å². The molecule has 0 amide bonds. The Labute approximate surface area is 78.7 Å². The molecule has 0 aliphatic carbocycles. The molecule has 74 valence electrons. The van der Waals surface area contributed by atoms with Crippen LogP contribution in [0.1, 0.15) is 32.1 Å². The van der Waals surface area contributed by atoms with Crippen molar-refractivity contribution in [1.82, 2.24) is 4.90 Å². The van der Waals surface area contributed by atoms with Gasteiger partial charge in [0.1, 0.15) is 0 Å². The maximum atomic E-state index is 11.0. The van der Waals surface area contributed by atoms with Gasteiger partial charge in [0.05, 0.1) is 5.92 Å². The first-order valence-corrected chi connectivity index (χ1v) is 5.26. The number of rotatable bonds is 1. The molecule has 1 N–H and O–H groups in total. The number of nitrogens with zero attached hydrogens (tertiary/aromatic N) is 1. The molecule has 2 heterocycles. The summed E-state index contributed by atoms with van der Waals surface area (Å²) in [6.45, 7) is 2.24. The Morgan fingerprint density at radius 2 is 1.92 bits per heavy atom. The molecule has 0 saturated carbocycles. The molecule has 0 spiro atoms. The first-order chi connectivity index (χ1) is 6.29. The zero-order chi connectivity index (χ0) is 9.26. The minimum atomic E-state index is -0.586. The molecule has 3 heteroatoms. The minimum absolute atomic E-state index is 0.0888. The molecule has 0 aromatic rings. The lowest BCUT2D eigenvalue weighted by Gasteiger charge is -2.42. The topological polar surface area (TPSA) is 40.5 Å². The van der Waals surface area contributed by atoms with Crippen molar-refractivity contribution in [2.45, 2.75) is 38.1 Å². The predicted octanol–water partition coefficient (Wildman–Crippen LogP) is 1.34. The summed E-state index contributed by atoms with van der Waals surface area (Å²) >= 11 is 0. The summed E-state index contributed by atoms with van der Waals surface area (Å²) in [5.41, 5.74) is 0. The number of carboxylic acid groups (broad SMARTS) is 1. The van der Waals surface area contributed by atoms with Gasteiger partial charge in [0, 0.05) is 6.04 Å². The average molecular weight is 183 g/mol. The first kappa shape index (κ1) is 9.00. The summed E-state index contributed by atoms with van der Waals surface area (Å²) in [6.07, 6.45) is 5.51. The summed E-state index contributed by atoms with van der Waals surface area (Å²) in [6, 6.07) is 0.347. The Morgan fingerprint density at radius 3 is 2.69 bits per heavy atom. The predicted molar refractivity (Wildman–Crippen MR) is 49.6 cm³/mol. The summed E-state index contributed by atoms with van der Waals surface area (Å²) in [5, 5.41) is 9.05. The van der Waals surface area contributed by atoms with Crippen LogP contribution in [0.15, 0.2) is 0 Å². The molecule has 2 saturated heterocycles. The van der Waals surface area contributed by atoms with Crippen LogP contribution in [-0.2, 0) is 4.79 Å². The molecule has 0 aromatic carbocycles. The molecule has 0 bridgehead atoms. The van der Waals surface area contributed by atoms with Gasteiger partial charge in [0.15, 0.2) is 0 Å². The molecular weight excluding hydrogens is 166 g/mol. The Hall–Kier alpha value is -0.570. The maximum absolute atomic E-state index is 11.0. The molecule has 2 aliphatic heterocycles. The largest absolute Gasteiger partial charge is 0.481 e. The second-order valence-corrected chi connectivity index (χ2v) is 4.19. The quantitative estimate of drug-likeness (QED) is 0.666. The molecule has 0 aromatic heterocycles. The second-order valence-electron chi connectivity index (χ2n) is 4.19. The third kappa shape index (κ3) is 1.70. The fourth-order valence-electron chi connectivity index (χ4n) is 2.74. The zero-order valence-electron chi connectivity index (χ0n) is 7.91. The molecule has 3 nitrogen and oxygen atoms in total. The number of hydrogen-bond acceptors (Lipinski definition) is 2. The highest BCUT2D eigenvalue weighted by Gasteiger charge is 2.36. The first-order valence-electron chi connectivity index (χ1n) is 5.26. The van der Waals surface area contributed by atoms with Gasteiger partial charge in [0.2, 0.25) is 0 Å². The van der Waals surface area contributed by atoms with Crippen molar-refractivity contribution in [2.24, 2.45) is 5.92 Å². The van der Waals surface area contributed by atoms with Gasteiger partial charge in [0.25, 0.3) is 0 Å². The van der Waals surface area contributed by atoms with Crippen LogP contribution in [0.25, 0.3) is 0 Å². The molecule has 0 radical (unpaired) electrons. The lowest BCUT2D eigenvalue weighted by molar-refractivity contribution is -0.146. The summed E-state index contributed by atoms with van der Waals surface area (Å²) < 4.78 is 0. The van der Waals surface area contributed by atoms with Crippen molar-refractivity contribution in [3.05, 3.63) is 0 Å². The highest BCUT2D eigenvalue weighted by atomic mass is 16.4. The van der Waals surface area contributed by atoms with Crippen LogP contribution in [0.5, 0.6) is 0 Å². The van der Waals surface area contributed by atoms with E-state index in [9.17, 15) is 4.79 Å². The van der Waals surface area contributed by atoms with E-state index in [2.05, 4.69) is 4.90 Å².